The number of nitro benzene ring substituents is 1. The van der Waals surface area contributed by atoms with E-state index in [0.29, 0.717) is 10.9 Å². The molecule has 0 saturated carbocycles. The average molecular weight is 377 g/mol. The Kier molecular flexibility index (Phi) is 4.85. The van der Waals surface area contributed by atoms with Crippen molar-refractivity contribution in [3.8, 4) is 0 Å². The number of nitro groups is 1. The fourth-order valence-corrected chi connectivity index (χ4v) is 2.83. The van der Waals surface area contributed by atoms with E-state index in [4.69, 9.17) is 0 Å². The first-order valence-electron chi connectivity index (χ1n) is 7.96. The molecule has 140 valence electrons. The molecule has 1 amide bonds. The van der Waals surface area contributed by atoms with Crippen molar-refractivity contribution in [1.82, 2.24) is 10.3 Å². The highest BCUT2D eigenvalue weighted by Crippen LogP contribution is 2.32. The molecule has 9 heteroatoms. The molecule has 1 aromatic heterocycles. The summed E-state index contributed by atoms with van der Waals surface area (Å²) >= 11 is 0. The molecule has 0 fully saturated rings. The van der Waals surface area contributed by atoms with Gasteiger partial charge in [0.2, 0.25) is 0 Å². The Morgan fingerprint density at radius 1 is 1.19 bits per heavy atom. The molecule has 2 aromatic carbocycles. The van der Waals surface area contributed by atoms with Gasteiger partial charge in [-0.05, 0) is 24.1 Å². The number of carbonyl (C=O) groups excluding carboxylic acids is 1. The van der Waals surface area contributed by atoms with Crippen molar-refractivity contribution >= 4 is 22.5 Å². The van der Waals surface area contributed by atoms with Gasteiger partial charge in [0.25, 0.3) is 11.6 Å². The van der Waals surface area contributed by atoms with Crippen LogP contribution in [0.15, 0.2) is 48.7 Å². The van der Waals surface area contributed by atoms with Gasteiger partial charge in [0.15, 0.2) is 0 Å². The summed E-state index contributed by atoms with van der Waals surface area (Å²) in [6.07, 6.45) is -3.05. The lowest BCUT2D eigenvalue weighted by Crippen LogP contribution is -2.26. The number of rotatable bonds is 5. The molecule has 0 aliphatic heterocycles. The third-order valence-corrected chi connectivity index (χ3v) is 4.12. The van der Waals surface area contributed by atoms with E-state index >= 15 is 0 Å². The molecule has 3 aromatic rings. The summed E-state index contributed by atoms with van der Waals surface area (Å²) in [7, 11) is 0. The summed E-state index contributed by atoms with van der Waals surface area (Å²) in [5.41, 5.74) is -0.0666. The van der Waals surface area contributed by atoms with Gasteiger partial charge in [-0.2, -0.15) is 13.2 Å². The zero-order valence-corrected chi connectivity index (χ0v) is 13.8. The molecule has 0 spiro atoms. The number of amides is 1. The molecular formula is C18H14F3N3O3. The van der Waals surface area contributed by atoms with E-state index in [2.05, 4.69) is 10.3 Å². The lowest BCUT2D eigenvalue weighted by atomic mass is 10.0. The summed E-state index contributed by atoms with van der Waals surface area (Å²) in [5, 5.41) is 13.8. The predicted molar refractivity (Wildman–Crippen MR) is 92.4 cm³/mol. The SMILES string of the molecule is O=C(NCCc1ccccc1C(F)(F)F)c1c[nH]c2ccc([N+](=O)[O-])cc12. The highest BCUT2D eigenvalue weighted by atomic mass is 19.4. The maximum absolute atomic E-state index is 13.0. The normalized spacial score (nSPS) is 11.5. The fourth-order valence-electron chi connectivity index (χ4n) is 2.83. The lowest BCUT2D eigenvalue weighted by molar-refractivity contribution is -0.384. The van der Waals surface area contributed by atoms with Gasteiger partial charge >= 0.3 is 6.18 Å². The van der Waals surface area contributed by atoms with Crippen molar-refractivity contribution in [1.29, 1.82) is 0 Å². The van der Waals surface area contributed by atoms with Gasteiger partial charge in [0.05, 0.1) is 16.1 Å². The molecule has 27 heavy (non-hydrogen) atoms. The number of fused-ring (bicyclic) bond motifs is 1. The molecule has 0 atom stereocenters. The van der Waals surface area contributed by atoms with E-state index in [1.165, 1.54) is 42.6 Å². The highest BCUT2D eigenvalue weighted by Gasteiger charge is 2.32. The van der Waals surface area contributed by atoms with Crippen LogP contribution in [0.1, 0.15) is 21.5 Å². The number of aromatic amines is 1. The number of hydrogen-bond acceptors (Lipinski definition) is 3. The largest absolute Gasteiger partial charge is 0.416 e. The first-order valence-corrected chi connectivity index (χ1v) is 7.96. The third-order valence-electron chi connectivity index (χ3n) is 4.12. The van der Waals surface area contributed by atoms with Crippen molar-refractivity contribution < 1.29 is 22.9 Å². The van der Waals surface area contributed by atoms with Crippen LogP contribution < -0.4 is 5.32 Å². The van der Waals surface area contributed by atoms with Crippen LogP contribution >= 0.6 is 0 Å². The number of nitrogens with one attached hydrogen (secondary N) is 2. The Morgan fingerprint density at radius 3 is 2.63 bits per heavy atom. The quantitative estimate of drug-likeness (QED) is 0.519. The van der Waals surface area contributed by atoms with Gasteiger partial charge in [-0.25, -0.2) is 0 Å². The van der Waals surface area contributed by atoms with Crippen molar-refractivity contribution in [2.75, 3.05) is 6.54 Å². The van der Waals surface area contributed by atoms with Crippen LogP contribution in [-0.2, 0) is 12.6 Å². The third kappa shape index (κ3) is 3.91. The van der Waals surface area contributed by atoms with E-state index in [9.17, 15) is 28.1 Å². The molecule has 6 nitrogen and oxygen atoms in total. The van der Waals surface area contributed by atoms with E-state index < -0.39 is 22.6 Å². The van der Waals surface area contributed by atoms with E-state index in [1.54, 1.807) is 0 Å². The molecule has 3 rings (SSSR count). The first-order chi connectivity index (χ1) is 12.8. The molecule has 0 unspecified atom stereocenters. The van der Waals surface area contributed by atoms with E-state index in [1.807, 2.05) is 0 Å². The van der Waals surface area contributed by atoms with Gasteiger partial charge in [0, 0.05) is 35.8 Å². The van der Waals surface area contributed by atoms with Crippen molar-refractivity contribution in [3.63, 3.8) is 0 Å². The van der Waals surface area contributed by atoms with Crippen LogP contribution in [0.25, 0.3) is 10.9 Å². The zero-order chi connectivity index (χ0) is 19.6. The van der Waals surface area contributed by atoms with Gasteiger partial charge < -0.3 is 10.3 Å². The molecule has 1 heterocycles. The number of H-pyrrole nitrogens is 1. The molecular weight excluding hydrogens is 363 g/mol. The minimum Gasteiger partial charge on any atom is -0.360 e. The second-order valence-corrected chi connectivity index (χ2v) is 5.85. The number of alkyl halides is 3. The molecule has 0 aliphatic rings. The average Bonchev–Trinajstić information content (AvgIpc) is 3.04. The van der Waals surface area contributed by atoms with Crippen LogP contribution in [0.2, 0.25) is 0 Å². The standard InChI is InChI=1S/C18H14F3N3O3/c19-18(20,21)15-4-2-1-3-11(15)7-8-22-17(25)14-10-23-16-6-5-12(24(26)27)9-13(14)16/h1-6,9-10,23H,7-8H2,(H,22,25). The maximum atomic E-state index is 13.0. The fraction of sp³-hybridized carbons (Fsp3) is 0.167. The lowest BCUT2D eigenvalue weighted by Gasteiger charge is -2.12. The Bertz CT molecular complexity index is 1010. The summed E-state index contributed by atoms with van der Waals surface area (Å²) in [6, 6.07) is 9.26. The van der Waals surface area contributed by atoms with Gasteiger partial charge in [0.1, 0.15) is 0 Å². The summed E-state index contributed by atoms with van der Waals surface area (Å²) in [6.45, 7) is -0.00642. The Morgan fingerprint density at radius 2 is 1.93 bits per heavy atom. The van der Waals surface area contributed by atoms with Gasteiger partial charge in [-0.3, -0.25) is 14.9 Å². The topological polar surface area (TPSA) is 88.0 Å². The second kappa shape index (κ2) is 7.10. The number of benzene rings is 2. The van der Waals surface area contributed by atoms with Crippen molar-refractivity contribution in [2.45, 2.75) is 12.6 Å². The number of carbonyl (C=O) groups is 1. The summed E-state index contributed by atoms with van der Waals surface area (Å²) in [4.78, 5) is 25.5. The minimum atomic E-state index is -4.46. The van der Waals surface area contributed by atoms with E-state index in [-0.39, 0.29) is 29.8 Å². The second-order valence-electron chi connectivity index (χ2n) is 5.85. The summed E-state index contributed by atoms with van der Waals surface area (Å²) < 4.78 is 39.0. The van der Waals surface area contributed by atoms with Crippen molar-refractivity contribution in [2.24, 2.45) is 0 Å². The Labute approximate surface area is 151 Å². The number of non-ortho nitro benzene ring substituents is 1. The number of hydrogen-bond donors (Lipinski definition) is 2. The minimum absolute atomic E-state index is 0.00390. The highest BCUT2D eigenvalue weighted by molar-refractivity contribution is 6.07. The molecule has 2 N–H and O–H groups in total. The number of halogens is 3. The number of aromatic nitrogens is 1. The molecule has 0 aliphatic carbocycles. The van der Waals surface area contributed by atoms with Gasteiger partial charge in [-0.1, -0.05) is 18.2 Å². The summed E-state index contributed by atoms with van der Waals surface area (Å²) in [5.74, 6) is -0.522. The number of nitrogens with zero attached hydrogens (tertiary/aromatic N) is 1. The molecule has 0 saturated heterocycles. The van der Waals surface area contributed by atoms with Crippen LogP contribution in [0.4, 0.5) is 18.9 Å². The van der Waals surface area contributed by atoms with Crippen LogP contribution in [-0.4, -0.2) is 22.4 Å². The zero-order valence-electron chi connectivity index (χ0n) is 13.8. The predicted octanol–water partition coefficient (Wildman–Crippen LogP) is 4.07. The van der Waals surface area contributed by atoms with Gasteiger partial charge in [-0.15, -0.1) is 0 Å². The van der Waals surface area contributed by atoms with Crippen LogP contribution in [0, 0.1) is 10.1 Å². The Hall–Kier alpha value is -3.36. The van der Waals surface area contributed by atoms with Crippen LogP contribution in [0.5, 0.6) is 0 Å². The smallest absolute Gasteiger partial charge is 0.360 e. The van der Waals surface area contributed by atoms with E-state index in [0.717, 1.165) is 6.07 Å². The van der Waals surface area contributed by atoms with Crippen LogP contribution in [0.3, 0.4) is 0 Å². The molecule has 0 bridgehead atoms. The Balaban J connectivity index is 1.73. The van der Waals surface area contributed by atoms with Crippen molar-refractivity contribution in [3.05, 3.63) is 75.5 Å². The molecule has 0 radical (unpaired) electrons. The first kappa shape index (κ1) is 18.4. The monoisotopic (exact) mass is 377 g/mol. The maximum Gasteiger partial charge on any atom is 0.416 e.